The van der Waals surface area contributed by atoms with Crippen LogP contribution in [0, 0.1) is 11.3 Å². The fourth-order valence-electron chi connectivity index (χ4n) is 1.99. The van der Waals surface area contributed by atoms with Crippen LogP contribution in [0.5, 0.6) is 0 Å². The molecule has 3 heteroatoms. The Hall–Kier alpha value is -0.120. The molecule has 3 unspecified atom stereocenters. The van der Waals surface area contributed by atoms with E-state index in [0.29, 0.717) is 11.5 Å². The van der Waals surface area contributed by atoms with Crippen molar-refractivity contribution in [1.29, 1.82) is 0 Å². The van der Waals surface area contributed by atoms with Crippen molar-refractivity contribution in [2.45, 2.75) is 26.4 Å². The zero-order valence-corrected chi connectivity index (χ0v) is 9.80. The number of nitrogens with one attached hydrogen (secondary N) is 1. The molecule has 0 heterocycles. The fourth-order valence-corrected chi connectivity index (χ4v) is 1.99. The summed E-state index contributed by atoms with van der Waals surface area (Å²) in [6.07, 6.45) is 1.65. The second-order valence-electron chi connectivity index (χ2n) is 4.48. The van der Waals surface area contributed by atoms with Crippen molar-refractivity contribution in [2.75, 3.05) is 33.9 Å². The first-order valence-corrected chi connectivity index (χ1v) is 5.37. The quantitative estimate of drug-likeness (QED) is 0.629. The lowest BCUT2D eigenvalue weighted by Gasteiger charge is -2.19. The highest BCUT2D eigenvalue weighted by Crippen LogP contribution is 2.55. The van der Waals surface area contributed by atoms with Crippen molar-refractivity contribution >= 4 is 0 Å². The maximum atomic E-state index is 5.38. The first-order valence-electron chi connectivity index (χ1n) is 5.37. The molecule has 1 saturated carbocycles. The number of hydrogen-bond acceptors (Lipinski definition) is 3. The van der Waals surface area contributed by atoms with Gasteiger partial charge in [-0.05, 0) is 31.2 Å². The minimum Gasteiger partial charge on any atom is -0.383 e. The van der Waals surface area contributed by atoms with E-state index in [0.717, 1.165) is 25.6 Å². The molecule has 1 rings (SSSR count). The van der Waals surface area contributed by atoms with Gasteiger partial charge in [0.2, 0.25) is 0 Å². The Morgan fingerprint density at radius 1 is 1.50 bits per heavy atom. The van der Waals surface area contributed by atoms with Crippen LogP contribution >= 0.6 is 0 Å². The van der Waals surface area contributed by atoms with Crippen LogP contribution in [-0.2, 0) is 9.47 Å². The first-order chi connectivity index (χ1) is 6.65. The summed E-state index contributed by atoms with van der Waals surface area (Å²) in [4.78, 5) is 0. The van der Waals surface area contributed by atoms with Crippen LogP contribution in [0.15, 0.2) is 0 Å². The molecule has 1 N–H and O–H groups in total. The Balaban J connectivity index is 2.12. The van der Waals surface area contributed by atoms with Crippen LogP contribution in [0.3, 0.4) is 0 Å². The number of methoxy groups -OCH3 is 2. The van der Waals surface area contributed by atoms with Gasteiger partial charge in [-0.1, -0.05) is 6.92 Å². The second-order valence-corrected chi connectivity index (χ2v) is 4.48. The molecule has 0 radical (unpaired) electrons. The van der Waals surface area contributed by atoms with E-state index in [1.165, 1.54) is 6.42 Å². The summed E-state index contributed by atoms with van der Waals surface area (Å²) in [6.45, 7) is 7.31. The Bertz CT molecular complexity index is 175. The van der Waals surface area contributed by atoms with Gasteiger partial charge in [-0.2, -0.15) is 0 Å². The molecule has 0 aromatic heterocycles. The van der Waals surface area contributed by atoms with Gasteiger partial charge in [0.15, 0.2) is 0 Å². The van der Waals surface area contributed by atoms with Gasteiger partial charge >= 0.3 is 0 Å². The molecule has 0 spiro atoms. The minimum atomic E-state index is 0.372. The van der Waals surface area contributed by atoms with E-state index in [1.807, 2.05) is 0 Å². The smallest absolute Gasteiger partial charge is 0.0600 e. The molecule has 1 aliphatic carbocycles. The SMILES string of the molecule is COCCNCC1CC1(C)C(C)OC. The van der Waals surface area contributed by atoms with Gasteiger partial charge in [0.1, 0.15) is 0 Å². The topological polar surface area (TPSA) is 30.5 Å². The summed E-state index contributed by atoms with van der Waals surface area (Å²) in [7, 11) is 3.53. The van der Waals surface area contributed by atoms with Gasteiger partial charge in [-0.15, -0.1) is 0 Å². The monoisotopic (exact) mass is 201 g/mol. The van der Waals surface area contributed by atoms with Crippen molar-refractivity contribution in [1.82, 2.24) is 5.32 Å². The van der Waals surface area contributed by atoms with Crippen molar-refractivity contribution in [2.24, 2.45) is 11.3 Å². The molecule has 0 aromatic rings. The van der Waals surface area contributed by atoms with Gasteiger partial charge in [0, 0.05) is 20.8 Å². The van der Waals surface area contributed by atoms with Crippen LogP contribution < -0.4 is 5.32 Å². The third-order valence-corrected chi connectivity index (χ3v) is 3.61. The molecule has 1 fully saturated rings. The van der Waals surface area contributed by atoms with E-state index in [-0.39, 0.29) is 0 Å². The van der Waals surface area contributed by atoms with Gasteiger partial charge in [-0.25, -0.2) is 0 Å². The van der Waals surface area contributed by atoms with Crippen molar-refractivity contribution in [3.8, 4) is 0 Å². The lowest BCUT2D eigenvalue weighted by atomic mass is 10.00. The van der Waals surface area contributed by atoms with Crippen molar-refractivity contribution < 1.29 is 9.47 Å². The van der Waals surface area contributed by atoms with Crippen LogP contribution in [0.25, 0.3) is 0 Å². The number of hydrogen-bond donors (Lipinski definition) is 1. The highest BCUT2D eigenvalue weighted by molar-refractivity contribution is 5.03. The summed E-state index contributed by atoms with van der Waals surface area (Å²) >= 11 is 0. The standard InChI is InChI=1S/C11H23NO2/c1-9(14-4)11(2)7-10(11)8-12-5-6-13-3/h9-10,12H,5-8H2,1-4H3. The highest BCUT2D eigenvalue weighted by atomic mass is 16.5. The molecular weight excluding hydrogens is 178 g/mol. The molecule has 1 aliphatic rings. The molecule has 0 saturated heterocycles. The summed E-state index contributed by atoms with van der Waals surface area (Å²) in [5, 5.41) is 3.40. The van der Waals surface area contributed by atoms with Gasteiger partial charge in [0.05, 0.1) is 12.7 Å². The summed E-state index contributed by atoms with van der Waals surface area (Å²) < 4.78 is 10.4. The lowest BCUT2D eigenvalue weighted by molar-refractivity contribution is 0.0551. The predicted octanol–water partition coefficient (Wildman–Crippen LogP) is 1.28. The Morgan fingerprint density at radius 2 is 2.21 bits per heavy atom. The molecule has 0 bridgehead atoms. The van der Waals surface area contributed by atoms with Crippen LogP contribution in [0.4, 0.5) is 0 Å². The van der Waals surface area contributed by atoms with E-state index >= 15 is 0 Å². The van der Waals surface area contributed by atoms with Crippen LogP contribution in [0.2, 0.25) is 0 Å². The molecule has 3 nitrogen and oxygen atoms in total. The summed E-state index contributed by atoms with van der Waals surface area (Å²) in [6, 6.07) is 0. The molecule has 0 aromatic carbocycles. The van der Waals surface area contributed by atoms with E-state index in [2.05, 4.69) is 19.2 Å². The Morgan fingerprint density at radius 3 is 2.79 bits per heavy atom. The average molecular weight is 201 g/mol. The van der Waals surface area contributed by atoms with E-state index in [1.54, 1.807) is 14.2 Å². The van der Waals surface area contributed by atoms with Gasteiger partial charge in [-0.3, -0.25) is 0 Å². The maximum Gasteiger partial charge on any atom is 0.0600 e. The average Bonchev–Trinajstić information content (AvgIpc) is 2.85. The number of ether oxygens (including phenoxy) is 2. The number of rotatable bonds is 7. The molecule has 0 amide bonds. The van der Waals surface area contributed by atoms with E-state index in [4.69, 9.17) is 9.47 Å². The maximum absolute atomic E-state index is 5.38. The van der Waals surface area contributed by atoms with Gasteiger partial charge < -0.3 is 14.8 Å². The Labute approximate surface area is 87.2 Å². The first kappa shape index (κ1) is 12.0. The molecule has 14 heavy (non-hydrogen) atoms. The predicted molar refractivity (Wildman–Crippen MR) is 57.4 cm³/mol. The van der Waals surface area contributed by atoms with E-state index in [9.17, 15) is 0 Å². The van der Waals surface area contributed by atoms with Crippen LogP contribution in [-0.4, -0.2) is 40.0 Å². The zero-order valence-electron chi connectivity index (χ0n) is 9.80. The second kappa shape index (κ2) is 5.10. The fraction of sp³-hybridized carbons (Fsp3) is 1.00. The minimum absolute atomic E-state index is 0.372. The Kier molecular flexibility index (Phi) is 4.35. The highest BCUT2D eigenvalue weighted by Gasteiger charge is 2.53. The third-order valence-electron chi connectivity index (χ3n) is 3.61. The molecule has 84 valence electrons. The lowest BCUT2D eigenvalue weighted by Crippen LogP contribution is -2.26. The van der Waals surface area contributed by atoms with Crippen molar-refractivity contribution in [3.63, 3.8) is 0 Å². The van der Waals surface area contributed by atoms with Crippen LogP contribution in [0.1, 0.15) is 20.3 Å². The van der Waals surface area contributed by atoms with Crippen molar-refractivity contribution in [3.05, 3.63) is 0 Å². The molecular formula is C11H23NO2. The van der Waals surface area contributed by atoms with E-state index < -0.39 is 0 Å². The van der Waals surface area contributed by atoms with Gasteiger partial charge in [0.25, 0.3) is 0 Å². The summed E-state index contributed by atoms with van der Waals surface area (Å²) in [5.74, 6) is 0.773. The molecule has 3 atom stereocenters. The molecule has 0 aliphatic heterocycles. The summed E-state index contributed by atoms with van der Waals surface area (Å²) in [5.41, 5.74) is 0.398. The zero-order chi connectivity index (χ0) is 10.6. The normalized spacial score (nSPS) is 33.0. The third kappa shape index (κ3) is 2.69. The largest absolute Gasteiger partial charge is 0.383 e.